The molecule has 2 heterocycles. The molecule has 1 aliphatic heterocycles. The van der Waals surface area contributed by atoms with Gasteiger partial charge in [0.15, 0.2) is 0 Å². The zero-order valence-corrected chi connectivity index (χ0v) is 12.2. The molecular formula is C15H25N3. The Balaban J connectivity index is 2.14. The van der Waals surface area contributed by atoms with Crippen LogP contribution in [0.25, 0.3) is 0 Å². The lowest BCUT2D eigenvalue weighted by molar-refractivity contribution is 0.406. The molecule has 3 heteroatoms. The van der Waals surface area contributed by atoms with E-state index in [0.29, 0.717) is 12.1 Å². The summed E-state index contributed by atoms with van der Waals surface area (Å²) in [5, 5.41) is 3.55. The second-order valence-electron chi connectivity index (χ2n) is 6.53. The van der Waals surface area contributed by atoms with Crippen LogP contribution in [0.1, 0.15) is 40.3 Å². The van der Waals surface area contributed by atoms with Gasteiger partial charge in [-0.15, -0.1) is 0 Å². The lowest BCUT2D eigenvalue weighted by atomic mass is 9.91. The van der Waals surface area contributed by atoms with E-state index in [-0.39, 0.29) is 5.41 Å². The largest absolute Gasteiger partial charge is 0.367 e. The minimum Gasteiger partial charge on any atom is -0.367 e. The van der Waals surface area contributed by atoms with Gasteiger partial charge in [0.05, 0.1) is 11.9 Å². The van der Waals surface area contributed by atoms with Gasteiger partial charge in [-0.3, -0.25) is 4.98 Å². The maximum atomic E-state index is 4.61. The Hall–Kier alpha value is -1.09. The van der Waals surface area contributed by atoms with E-state index in [1.54, 1.807) is 0 Å². The highest BCUT2D eigenvalue weighted by Gasteiger charge is 2.22. The fourth-order valence-corrected chi connectivity index (χ4v) is 2.55. The molecule has 18 heavy (non-hydrogen) atoms. The summed E-state index contributed by atoms with van der Waals surface area (Å²) >= 11 is 0. The molecule has 2 atom stereocenters. The van der Waals surface area contributed by atoms with Crippen molar-refractivity contribution < 1.29 is 0 Å². The van der Waals surface area contributed by atoms with Crippen molar-refractivity contribution in [3.63, 3.8) is 0 Å². The summed E-state index contributed by atoms with van der Waals surface area (Å²) in [5.41, 5.74) is 2.52. The van der Waals surface area contributed by atoms with Crippen LogP contribution in [0, 0.1) is 0 Å². The quantitative estimate of drug-likeness (QED) is 0.826. The van der Waals surface area contributed by atoms with Crippen LogP contribution in [0.2, 0.25) is 0 Å². The average molecular weight is 247 g/mol. The van der Waals surface area contributed by atoms with Crippen molar-refractivity contribution in [3.8, 4) is 0 Å². The average Bonchev–Trinajstić information content (AvgIpc) is 2.27. The summed E-state index contributed by atoms with van der Waals surface area (Å²) < 4.78 is 0. The molecule has 100 valence electrons. The smallest absolute Gasteiger partial charge is 0.0554 e. The Kier molecular flexibility index (Phi) is 3.62. The summed E-state index contributed by atoms with van der Waals surface area (Å²) in [4.78, 5) is 7.04. The molecule has 1 N–H and O–H groups in total. The third-order valence-corrected chi connectivity index (χ3v) is 3.44. The first-order valence-corrected chi connectivity index (χ1v) is 6.84. The van der Waals surface area contributed by atoms with Gasteiger partial charge < -0.3 is 10.2 Å². The van der Waals surface area contributed by atoms with Gasteiger partial charge in [0, 0.05) is 36.3 Å². The van der Waals surface area contributed by atoms with Gasteiger partial charge in [0.1, 0.15) is 0 Å². The number of aromatic nitrogens is 1. The summed E-state index contributed by atoms with van der Waals surface area (Å²) in [6.07, 6.45) is 2.02. The zero-order valence-electron chi connectivity index (χ0n) is 12.2. The molecule has 1 aromatic heterocycles. The Morgan fingerprint density at radius 1 is 1.17 bits per heavy atom. The minimum atomic E-state index is 0.128. The van der Waals surface area contributed by atoms with Crippen LogP contribution in [-0.4, -0.2) is 30.2 Å². The molecule has 0 saturated carbocycles. The molecule has 2 rings (SSSR count). The number of anilines is 1. The monoisotopic (exact) mass is 247 g/mol. The van der Waals surface area contributed by atoms with Crippen molar-refractivity contribution in [1.82, 2.24) is 10.3 Å². The third-order valence-electron chi connectivity index (χ3n) is 3.44. The van der Waals surface area contributed by atoms with Crippen molar-refractivity contribution in [2.24, 2.45) is 0 Å². The number of rotatable bonds is 1. The summed E-state index contributed by atoms with van der Waals surface area (Å²) in [6.45, 7) is 13.2. The van der Waals surface area contributed by atoms with Gasteiger partial charge in [0.2, 0.25) is 0 Å². The standard InChI is InChI=1S/C15H25N3/c1-11-9-18(10-12(2)17-11)13-6-7-14(16-8-13)15(3,4)5/h6-8,11-12,17H,9-10H2,1-5H3/t11-,12+. The Labute approximate surface area is 111 Å². The van der Waals surface area contributed by atoms with Crippen LogP contribution in [0.4, 0.5) is 5.69 Å². The Morgan fingerprint density at radius 2 is 1.78 bits per heavy atom. The van der Waals surface area contributed by atoms with Gasteiger partial charge >= 0.3 is 0 Å². The van der Waals surface area contributed by atoms with Crippen molar-refractivity contribution in [2.75, 3.05) is 18.0 Å². The summed E-state index contributed by atoms with van der Waals surface area (Å²) in [5.74, 6) is 0. The van der Waals surface area contributed by atoms with Gasteiger partial charge in [0.25, 0.3) is 0 Å². The first-order chi connectivity index (χ1) is 8.36. The SMILES string of the molecule is C[C@@H]1CN(c2ccc(C(C)(C)C)nc2)C[C@H](C)N1. The third kappa shape index (κ3) is 3.02. The van der Waals surface area contributed by atoms with Gasteiger partial charge in [-0.05, 0) is 26.0 Å². The van der Waals surface area contributed by atoms with Gasteiger partial charge in [-0.2, -0.15) is 0 Å². The molecule has 0 aromatic carbocycles. The van der Waals surface area contributed by atoms with Crippen LogP contribution in [0.15, 0.2) is 18.3 Å². The molecule has 1 saturated heterocycles. The van der Waals surface area contributed by atoms with E-state index in [2.05, 4.69) is 62.0 Å². The van der Waals surface area contributed by atoms with Crippen LogP contribution in [0.5, 0.6) is 0 Å². The normalized spacial score (nSPS) is 25.3. The molecule has 3 nitrogen and oxygen atoms in total. The van der Waals surface area contributed by atoms with Gasteiger partial charge in [-0.25, -0.2) is 0 Å². The first kappa shape index (κ1) is 13.3. The highest BCUT2D eigenvalue weighted by molar-refractivity contribution is 5.46. The second kappa shape index (κ2) is 4.88. The van der Waals surface area contributed by atoms with Crippen molar-refractivity contribution >= 4 is 5.69 Å². The number of pyridine rings is 1. The van der Waals surface area contributed by atoms with E-state index in [9.17, 15) is 0 Å². The number of piperazine rings is 1. The van der Waals surface area contributed by atoms with E-state index in [4.69, 9.17) is 0 Å². The Bertz CT molecular complexity index is 381. The molecule has 0 amide bonds. The fourth-order valence-electron chi connectivity index (χ4n) is 2.55. The highest BCUT2D eigenvalue weighted by atomic mass is 15.2. The summed E-state index contributed by atoms with van der Waals surface area (Å²) in [7, 11) is 0. The predicted molar refractivity (Wildman–Crippen MR) is 77.2 cm³/mol. The van der Waals surface area contributed by atoms with Crippen molar-refractivity contribution in [3.05, 3.63) is 24.0 Å². The minimum absolute atomic E-state index is 0.128. The van der Waals surface area contributed by atoms with Crippen LogP contribution >= 0.6 is 0 Å². The van der Waals surface area contributed by atoms with E-state index in [1.807, 2.05) is 6.20 Å². The summed E-state index contributed by atoms with van der Waals surface area (Å²) in [6, 6.07) is 5.44. The molecule has 0 spiro atoms. The molecule has 0 aliphatic carbocycles. The predicted octanol–water partition coefficient (Wildman–Crippen LogP) is 2.57. The van der Waals surface area contributed by atoms with Crippen LogP contribution in [-0.2, 0) is 5.41 Å². The van der Waals surface area contributed by atoms with Crippen molar-refractivity contribution in [2.45, 2.75) is 52.1 Å². The molecule has 0 unspecified atom stereocenters. The van der Waals surface area contributed by atoms with Crippen LogP contribution in [0.3, 0.4) is 0 Å². The first-order valence-electron chi connectivity index (χ1n) is 6.84. The van der Waals surface area contributed by atoms with E-state index < -0.39 is 0 Å². The molecule has 1 fully saturated rings. The fraction of sp³-hybridized carbons (Fsp3) is 0.667. The highest BCUT2D eigenvalue weighted by Crippen LogP contribution is 2.23. The molecule has 1 aliphatic rings. The number of hydrogen-bond acceptors (Lipinski definition) is 3. The van der Waals surface area contributed by atoms with E-state index in [0.717, 1.165) is 18.8 Å². The lowest BCUT2D eigenvalue weighted by Gasteiger charge is -2.37. The van der Waals surface area contributed by atoms with Gasteiger partial charge in [-0.1, -0.05) is 20.8 Å². The second-order valence-corrected chi connectivity index (χ2v) is 6.53. The zero-order chi connectivity index (χ0) is 13.3. The van der Waals surface area contributed by atoms with E-state index >= 15 is 0 Å². The number of hydrogen-bond donors (Lipinski definition) is 1. The molecule has 0 bridgehead atoms. The maximum absolute atomic E-state index is 4.61. The van der Waals surface area contributed by atoms with Crippen LogP contribution < -0.4 is 10.2 Å². The molecule has 0 radical (unpaired) electrons. The van der Waals surface area contributed by atoms with Crippen molar-refractivity contribution in [1.29, 1.82) is 0 Å². The number of nitrogens with one attached hydrogen (secondary N) is 1. The topological polar surface area (TPSA) is 28.2 Å². The maximum Gasteiger partial charge on any atom is 0.0554 e. The van der Waals surface area contributed by atoms with E-state index in [1.165, 1.54) is 5.69 Å². The number of nitrogens with zero attached hydrogens (tertiary/aromatic N) is 2. The molecular weight excluding hydrogens is 222 g/mol. The lowest BCUT2D eigenvalue weighted by Crippen LogP contribution is -2.54. The molecule has 1 aromatic rings. The Morgan fingerprint density at radius 3 is 2.22 bits per heavy atom.